The number of nitrogens with zero attached hydrogens (tertiary/aromatic N) is 10. The summed E-state index contributed by atoms with van der Waals surface area (Å²) in [6.07, 6.45) is 17.2. The van der Waals surface area contributed by atoms with Crippen molar-refractivity contribution < 1.29 is 0 Å². The molecule has 0 spiro atoms. The normalized spacial score (nSPS) is 35.2. The van der Waals surface area contributed by atoms with Crippen LogP contribution in [0.1, 0.15) is 104 Å². The highest BCUT2D eigenvalue weighted by Crippen LogP contribution is 2.82. The minimum Gasteiger partial charge on any atom is -0.253 e. The largest absolute Gasteiger partial charge is 0.253 e. The number of rotatable bonds is 12. The Morgan fingerprint density at radius 3 is 0.848 bits per heavy atom. The van der Waals surface area contributed by atoms with E-state index in [0.29, 0.717) is 0 Å². The zero-order valence-electron chi connectivity index (χ0n) is 29.1. The van der Waals surface area contributed by atoms with E-state index in [1.807, 2.05) is 0 Å². The molecule has 46 heavy (non-hydrogen) atoms. The van der Waals surface area contributed by atoms with Gasteiger partial charge in [-0.3, -0.25) is 10.2 Å². The zero-order valence-corrected chi connectivity index (χ0v) is 32.6. The molecule has 0 aromatic carbocycles. The summed E-state index contributed by atoms with van der Waals surface area (Å²) in [6, 6.07) is 0. The average molecular weight is 717 g/mol. The van der Waals surface area contributed by atoms with E-state index in [0.717, 1.165) is 104 Å². The van der Waals surface area contributed by atoms with Crippen LogP contribution >= 0.6 is 30.0 Å². The standard InChI is InChI=1S/C30H64N12P4/c1-3-17-31-43(37-19-5-6-20-37)33-45(39-23-9-10-24-39,40-25-11-12-26-40)35-44(32-18-4-2,38-21-7-8-22-38)36-46(34-43,41-27-13-14-28-41)42-29-15-16-30-42/h31-32H,3-30H2,1-2H3. The van der Waals surface area contributed by atoms with Crippen molar-refractivity contribution in [3.63, 3.8) is 0 Å². The van der Waals surface area contributed by atoms with E-state index in [1.165, 1.54) is 77.0 Å². The van der Waals surface area contributed by atoms with Gasteiger partial charge in [0.15, 0.2) is 0 Å². The molecule has 12 nitrogen and oxygen atoms in total. The molecule has 2 atom stereocenters. The van der Waals surface area contributed by atoms with Crippen LogP contribution in [0.15, 0.2) is 18.1 Å². The number of hydrogen-bond acceptors (Lipinski definition) is 12. The van der Waals surface area contributed by atoms with Gasteiger partial charge in [0, 0.05) is 91.6 Å². The second-order valence-electron chi connectivity index (χ2n) is 14.3. The molecule has 0 aliphatic carbocycles. The minimum atomic E-state index is -2.54. The van der Waals surface area contributed by atoms with E-state index in [9.17, 15) is 0 Å². The molecule has 2 N–H and O–H groups in total. The van der Waals surface area contributed by atoms with Crippen molar-refractivity contribution in [1.29, 1.82) is 0 Å². The molecule has 0 radical (unpaired) electrons. The Morgan fingerprint density at radius 2 is 0.609 bits per heavy atom. The van der Waals surface area contributed by atoms with Gasteiger partial charge in [0.25, 0.3) is 0 Å². The second kappa shape index (κ2) is 15.5. The third-order valence-corrected chi connectivity index (χ3v) is 27.1. The van der Waals surface area contributed by atoms with Gasteiger partial charge in [-0.05, 0) is 89.9 Å². The molecule has 6 fully saturated rings. The van der Waals surface area contributed by atoms with Crippen molar-refractivity contribution in [3.05, 3.63) is 0 Å². The monoisotopic (exact) mass is 716 g/mol. The van der Waals surface area contributed by atoms with Gasteiger partial charge in [-0.2, -0.15) is 18.1 Å². The molecule has 16 heteroatoms. The van der Waals surface area contributed by atoms with E-state index in [-0.39, 0.29) is 0 Å². The first-order valence-electron chi connectivity index (χ1n) is 19.2. The quantitative estimate of drug-likeness (QED) is 0.195. The van der Waals surface area contributed by atoms with Crippen LogP contribution in [-0.4, -0.2) is 120 Å². The Balaban J connectivity index is 1.62. The van der Waals surface area contributed by atoms with Crippen LogP contribution in [0.2, 0.25) is 0 Å². The van der Waals surface area contributed by atoms with Crippen LogP contribution in [-0.2, 0) is 0 Å². The van der Waals surface area contributed by atoms with Crippen molar-refractivity contribution in [2.24, 2.45) is 18.1 Å². The SMILES string of the molecule is CCCNP1(N2CCCC2)=NP(N2CCCC2)(N2CCCC2)=NP(NCCC)(N2CCCC2)=NP(N2CCCC2)(N2CCCC2)=N1. The molecular weight excluding hydrogens is 652 g/mol. The Morgan fingerprint density at radius 1 is 0.370 bits per heavy atom. The van der Waals surface area contributed by atoms with Crippen LogP contribution in [0.25, 0.3) is 0 Å². The Bertz CT molecular complexity index is 1120. The predicted molar refractivity (Wildman–Crippen MR) is 199 cm³/mol. The summed E-state index contributed by atoms with van der Waals surface area (Å²) in [6.45, 7) is 19.8. The smallest absolute Gasteiger partial charge is 0.221 e. The summed E-state index contributed by atoms with van der Waals surface area (Å²) in [4.78, 5) is 0. The summed E-state index contributed by atoms with van der Waals surface area (Å²) >= 11 is 0. The lowest BCUT2D eigenvalue weighted by molar-refractivity contribution is 0.458. The molecule has 264 valence electrons. The topological polar surface area (TPSA) is 92.9 Å². The van der Waals surface area contributed by atoms with Crippen LogP contribution in [0, 0.1) is 0 Å². The molecule has 0 aromatic heterocycles. The fourth-order valence-electron chi connectivity index (χ4n) is 8.46. The van der Waals surface area contributed by atoms with Gasteiger partial charge >= 0.3 is 0 Å². The van der Waals surface area contributed by atoms with E-state index >= 15 is 0 Å². The lowest BCUT2D eigenvalue weighted by Crippen LogP contribution is -2.35. The minimum absolute atomic E-state index is 0.956. The maximum absolute atomic E-state index is 6.53. The average Bonchev–Trinajstić information content (AvgIpc) is 3.93. The molecule has 0 bridgehead atoms. The number of nitrogens with one attached hydrogen (secondary N) is 2. The predicted octanol–water partition coefficient (Wildman–Crippen LogP) is 8.36. The lowest BCUT2D eigenvalue weighted by Gasteiger charge is -2.48. The fourth-order valence-corrected chi connectivity index (χ4v) is 29.2. The maximum Gasteiger partial charge on any atom is 0.221 e. The van der Waals surface area contributed by atoms with Gasteiger partial charge in [-0.25, -0.2) is 28.0 Å². The van der Waals surface area contributed by atoms with Crippen LogP contribution < -0.4 is 10.2 Å². The highest BCUT2D eigenvalue weighted by Gasteiger charge is 2.51. The summed E-state index contributed by atoms with van der Waals surface area (Å²) in [5, 5.41) is 8.50. The summed E-state index contributed by atoms with van der Waals surface area (Å²) in [7, 11) is -10.1. The molecule has 7 rings (SSSR count). The zero-order chi connectivity index (χ0) is 31.5. The van der Waals surface area contributed by atoms with E-state index in [2.05, 4.69) is 52.0 Å². The fraction of sp³-hybridized carbons (Fsp3) is 1.00. The van der Waals surface area contributed by atoms with Gasteiger partial charge in [-0.15, -0.1) is 0 Å². The molecule has 6 saturated heterocycles. The molecule has 0 saturated carbocycles. The Labute approximate surface area is 281 Å². The maximum atomic E-state index is 6.53. The highest BCUT2D eigenvalue weighted by atomic mass is 31.3. The third kappa shape index (κ3) is 6.69. The van der Waals surface area contributed by atoms with E-state index in [4.69, 9.17) is 18.1 Å². The second-order valence-corrected chi connectivity index (χ2v) is 25.7. The summed E-state index contributed by atoms with van der Waals surface area (Å²) in [5.41, 5.74) is 0. The van der Waals surface area contributed by atoms with Gasteiger partial charge in [-0.1, -0.05) is 13.8 Å². The molecule has 7 aliphatic rings. The number of hydrogen-bond donors (Lipinski definition) is 2. The summed E-state index contributed by atoms with van der Waals surface area (Å²) in [5.74, 6) is 0. The van der Waals surface area contributed by atoms with Gasteiger partial charge in [0.05, 0.1) is 0 Å². The van der Waals surface area contributed by atoms with E-state index < -0.39 is 30.0 Å². The summed E-state index contributed by atoms with van der Waals surface area (Å²) < 4.78 is 42.8. The molecule has 0 aromatic rings. The van der Waals surface area contributed by atoms with Crippen molar-refractivity contribution in [3.8, 4) is 0 Å². The van der Waals surface area contributed by atoms with Crippen LogP contribution in [0.3, 0.4) is 0 Å². The van der Waals surface area contributed by atoms with Crippen molar-refractivity contribution >= 4 is 30.0 Å². The van der Waals surface area contributed by atoms with E-state index in [1.54, 1.807) is 0 Å². The third-order valence-electron chi connectivity index (χ3n) is 10.9. The highest BCUT2D eigenvalue weighted by molar-refractivity contribution is 7.83. The Kier molecular flexibility index (Phi) is 11.8. The molecule has 7 aliphatic heterocycles. The Hall–Kier alpha value is 0.600. The molecular formula is C30H64N12P4. The molecule has 0 amide bonds. The first-order valence-corrected chi connectivity index (χ1v) is 25.7. The first kappa shape index (κ1) is 35.0. The van der Waals surface area contributed by atoms with Gasteiger partial charge in [0.2, 0.25) is 30.0 Å². The van der Waals surface area contributed by atoms with Crippen molar-refractivity contribution in [2.75, 3.05) is 91.6 Å². The van der Waals surface area contributed by atoms with Gasteiger partial charge < -0.3 is 0 Å². The van der Waals surface area contributed by atoms with Crippen LogP contribution in [0.4, 0.5) is 0 Å². The van der Waals surface area contributed by atoms with Crippen molar-refractivity contribution in [2.45, 2.75) is 104 Å². The molecule has 2 unspecified atom stereocenters. The van der Waals surface area contributed by atoms with Gasteiger partial charge in [0.1, 0.15) is 0 Å². The lowest BCUT2D eigenvalue weighted by atomic mass is 10.4. The van der Waals surface area contributed by atoms with Crippen LogP contribution in [0.5, 0.6) is 0 Å². The van der Waals surface area contributed by atoms with Crippen molar-refractivity contribution in [1.82, 2.24) is 38.2 Å². The first-order chi connectivity index (χ1) is 22.6. The molecule has 7 heterocycles.